The summed E-state index contributed by atoms with van der Waals surface area (Å²) < 4.78 is 5.95. The Hall–Kier alpha value is -1.92. The second kappa shape index (κ2) is 7.14. The van der Waals surface area contributed by atoms with Gasteiger partial charge in [-0.25, -0.2) is 4.98 Å². The number of aromatic nitrogens is 1. The monoisotopic (exact) mass is 357 g/mol. The predicted octanol–water partition coefficient (Wildman–Crippen LogP) is 3.70. The molecule has 5 nitrogen and oxygen atoms in total. The Labute approximate surface area is 152 Å². The van der Waals surface area contributed by atoms with E-state index in [1.807, 2.05) is 24.3 Å². The maximum Gasteiger partial charge on any atom is 0.257 e. The number of carbonyl (C=O) groups excluding carboxylic acids is 1. The van der Waals surface area contributed by atoms with Crippen LogP contribution in [-0.4, -0.2) is 35.5 Å². The van der Waals surface area contributed by atoms with Crippen molar-refractivity contribution in [2.24, 2.45) is 0 Å². The van der Waals surface area contributed by atoms with Crippen LogP contribution in [0.4, 0.5) is 5.13 Å². The Balaban J connectivity index is 1.39. The molecule has 1 saturated carbocycles. The van der Waals surface area contributed by atoms with Crippen LogP contribution in [0.15, 0.2) is 24.3 Å². The van der Waals surface area contributed by atoms with Crippen LogP contribution in [0, 0.1) is 0 Å². The van der Waals surface area contributed by atoms with E-state index >= 15 is 0 Å². The van der Waals surface area contributed by atoms with Crippen LogP contribution in [0.2, 0.25) is 0 Å². The highest BCUT2D eigenvalue weighted by molar-refractivity contribution is 7.15. The summed E-state index contributed by atoms with van der Waals surface area (Å²) in [4.78, 5) is 20.6. The van der Waals surface area contributed by atoms with Gasteiger partial charge in [0.2, 0.25) is 0 Å². The van der Waals surface area contributed by atoms with Crippen LogP contribution >= 0.6 is 11.3 Å². The quantitative estimate of drug-likeness (QED) is 0.906. The van der Waals surface area contributed by atoms with E-state index in [4.69, 9.17) is 4.74 Å². The summed E-state index contributed by atoms with van der Waals surface area (Å²) in [5.41, 5.74) is 1.75. The first-order chi connectivity index (χ1) is 12.2. The third kappa shape index (κ3) is 3.85. The Kier molecular flexibility index (Phi) is 4.72. The van der Waals surface area contributed by atoms with E-state index in [0.29, 0.717) is 16.8 Å². The largest absolute Gasteiger partial charge is 0.490 e. The van der Waals surface area contributed by atoms with Gasteiger partial charge in [-0.1, -0.05) is 0 Å². The molecule has 2 aliphatic rings. The lowest BCUT2D eigenvalue weighted by atomic mass is 10.2. The summed E-state index contributed by atoms with van der Waals surface area (Å²) in [6, 6.07) is 7.41. The number of fused-ring (bicyclic) bond motifs is 1. The number of likely N-dealkylation sites (N-methyl/N-ethyl adjacent to an activating group) is 1. The first-order valence-electron chi connectivity index (χ1n) is 8.92. The number of rotatable bonds is 4. The summed E-state index contributed by atoms with van der Waals surface area (Å²) in [6.45, 7) is 1.93. The molecule has 0 unspecified atom stereocenters. The minimum Gasteiger partial charge on any atom is -0.490 e. The van der Waals surface area contributed by atoms with Gasteiger partial charge < -0.3 is 9.64 Å². The minimum absolute atomic E-state index is 0.119. The smallest absolute Gasteiger partial charge is 0.257 e. The zero-order valence-electron chi connectivity index (χ0n) is 14.5. The van der Waals surface area contributed by atoms with Crippen molar-refractivity contribution in [3.05, 3.63) is 40.4 Å². The first-order valence-corrected chi connectivity index (χ1v) is 9.74. The van der Waals surface area contributed by atoms with Gasteiger partial charge in [0.05, 0.1) is 11.8 Å². The first kappa shape index (κ1) is 16.5. The zero-order valence-corrected chi connectivity index (χ0v) is 15.3. The molecular formula is C19H23N3O2S. The highest BCUT2D eigenvalue weighted by Gasteiger charge is 2.20. The van der Waals surface area contributed by atoms with Crippen LogP contribution in [0.5, 0.6) is 5.75 Å². The van der Waals surface area contributed by atoms with Crippen LogP contribution in [0.25, 0.3) is 0 Å². The molecule has 1 aromatic heterocycles. The number of ether oxygens (including phenoxy) is 1. The van der Waals surface area contributed by atoms with Gasteiger partial charge in [0.15, 0.2) is 5.13 Å². The highest BCUT2D eigenvalue weighted by atomic mass is 32.1. The number of hydrogen-bond donors (Lipinski definition) is 1. The third-order valence-electron chi connectivity index (χ3n) is 4.86. The van der Waals surface area contributed by atoms with Gasteiger partial charge in [0.1, 0.15) is 5.75 Å². The molecule has 2 heterocycles. The molecule has 0 saturated heterocycles. The van der Waals surface area contributed by atoms with Gasteiger partial charge in [-0.15, -0.1) is 11.3 Å². The maximum atomic E-state index is 12.5. The normalized spacial score (nSPS) is 18.1. The topological polar surface area (TPSA) is 54.5 Å². The van der Waals surface area contributed by atoms with Crippen molar-refractivity contribution in [3.8, 4) is 5.75 Å². The summed E-state index contributed by atoms with van der Waals surface area (Å²) in [7, 11) is 2.11. The van der Waals surface area contributed by atoms with E-state index < -0.39 is 0 Å². The highest BCUT2D eigenvalue weighted by Crippen LogP contribution is 2.28. The summed E-state index contributed by atoms with van der Waals surface area (Å²) >= 11 is 1.58. The average molecular weight is 357 g/mol. The van der Waals surface area contributed by atoms with Crippen molar-refractivity contribution in [2.75, 3.05) is 18.9 Å². The molecule has 2 aromatic rings. The second-order valence-electron chi connectivity index (χ2n) is 6.88. The molecule has 1 aliphatic heterocycles. The Bertz CT molecular complexity index is 751. The van der Waals surface area contributed by atoms with E-state index in [9.17, 15) is 4.79 Å². The number of carbonyl (C=O) groups is 1. The summed E-state index contributed by atoms with van der Waals surface area (Å²) in [6.07, 6.45) is 6.04. The Morgan fingerprint density at radius 3 is 2.80 bits per heavy atom. The fraction of sp³-hybridized carbons (Fsp3) is 0.474. The van der Waals surface area contributed by atoms with Crippen molar-refractivity contribution in [3.63, 3.8) is 0 Å². The molecule has 1 aromatic carbocycles. The van der Waals surface area contributed by atoms with Gasteiger partial charge in [-0.2, -0.15) is 0 Å². The van der Waals surface area contributed by atoms with Crippen molar-refractivity contribution < 1.29 is 9.53 Å². The molecule has 132 valence electrons. The lowest BCUT2D eigenvalue weighted by molar-refractivity contribution is 0.102. The molecule has 6 heteroatoms. The number of benzene rings is 1. The second-order valence-corrected chi connectivity index (χ2v) is 7.96. The van der Waals surface area contributed by atoms with E-state index in [2.05, 4.69) is 22.2 Å². The molecule has 1 N–H and O–H groups in total. The molecule has 0 bridgehead atoms. The number of amides is 1. The van der Waals surface area contributed by atoms with Crippen molar-refractivity contribution in [1.82, 2.24) is 9.88 Å². The summed E-state index contributed by atoms with van der Waals surface area (Å²) in [5.74, 6) is 0.725. The van der Waals surface area contributed by atoms with Crippen LogP contribution in [0.3, 0.4) is 0 Å². The maximum absolute atomic E-state index is 12.5. The van der Waals surface area contributed by atoms with Crippen molar-refractivity contribution >= 4 is 22.4 Å². The fourth-order valence-electron chi connectivity index (χ4n) is 3.43. The molecular weight excluding hydrogens is 334 g/mol. The molecule has 25 heavy (non-hydrogen) atoms. The van der Waals surface area contributed by atoms with E-state index in [1.54, 1.807) is 11.3 Å². The molecule has 1 fully saturated rings. The SMILES string of the molecule is CN1CCc2nc(NC(=O)c3ccc(OC4CCCC4)cc3)sc2C1. The van der Waals surface area contributed by atoms with Gasteiger partial charge in [-0.05, 0) is 57.0 Å². The van der Waals surface area contributed by atoms with Gasteiger partial charge >= 0.3 is 0 Å². The molecule has 0 atom stereocenters. The van der Waals surface area contributed by atoms with Crippen LogP contribution < -0.4 is 10.1 Å². The third-order valence-corrected chi connectivity index (χ3v) is 5.86. The Morgan fingerprint density at radius 2 is 2.04 bits per heavy atom. The molecule has 0 radical (unpaired) electrons. The lowest BCUT2D eigenvalue weighted by Crippen LogP contribution is -2.25. The molecule has 1 aliphatic carbocycles. The average Bonchev–Trinajstić information content (AvgIpc) is 3.24. The van der Waals surface area contributed by atoms with Gasteiger partial charge in [-0.3, -0.25) is 10.1 Å². The number of thiazole rings is 1. The standard InChI is InChI=1S/C19H23N3O2S/c1-22-11-10-16-17(12-22)25-19(20-16)21-18(23)13-6-8-15(9-7-13)24-14-4-2-3-5-14/h6-9,14H,2-5,10-12H2,1H3,(H,20,21,23). The van der Waals surface area contributed by atoms with Gasteiger partial charge in [0, 0.05) is 30.0 Å². The van der Waals surface area contributed by atoms with E-state index in [1.165, 1.54) is 17.7 Å². The zero-order chi connectivity index (χ0) is 17.2. The molecule has 1 amide bonds. The lowest BCUT2D eigenvalue weighted by Gasteiger charge is -2.20. The molecule has 4 rings (SSSR count). The molecule has 0 spiro atoms. The van der Waals surface area contributed by atoms with Crippen LogP contribution in [-0.2, 0) is 13.0 Å². The number of hydrogen-bond acceptors (Lipinski definition) is 5. The number of nitrogens with zero attached hydrogens (tertiary/aromatic N) is 2. The number of anilines is 1. The van der Waals surface area contributed by atoms with E-state index in [-0.39, 0.29) is 5.91 Å². The Morgan fingerprint density at radius 1 is 1.28 bits per heavy atom. The van der Waals surface area contributed by atoms with Gasteiger partial charge in [0.25, 0.3) is 5.91 Å². The van der Waals surface area contributed by atoms with Crippen molar-refractivity contribution in [1.29, 1.82) is 0 Å². The fourth-order valence-corrected chi connectivity index (χ4v) is 4.51. The number of nitrogens with one attached hydrogen (secondary N) is 1. The van der Waals surface area contributed by atoms with E-state index in [0.717, 1.165) is 43.8 Å². The minimum atomic E-state index is -0.119. The van der Waals surface area contributed by atoms with Crippen LogP contribution in [0.1, 0.15) is 46.6 Å². The summed E-state index contributed by atoms with van der Waals surface area (Å²) in [5, 5.41) is 3.62. The van der Waals surface area contributed by atoms with Crippen molar-refractivity contribution in [2.45, 2.75) is 44.8 Å². The predicted molar refractivity (Wildman–Crippen MR) is 99.4 cm³/mol.